The lowest BCUT2D eigenvalue weighted by Crippen LogP contribution is -2.49. The van der Waals surface area contributed by atoms with Crippen LogP contribution in [-0.4, -0.2) is 43.0 Å². The Hall–Kier alpha value is -2.54. The largest absolute Gasteiger partial charge is 0.368 e. The Morgan fingerprint density at radius 1 is 0.933 bits per heavy atom. The second kappa shape index (κ2) is 9.51. The Balaban J connectivity index is 1.50. The van der Waals surface area contributed by atoms with Crippen molar-refractivity contribution in [3.8, 4) is 0 Å². The van der Waals surface area contributed by atoms with E-state index in [0.717, 1.165) is 47.7 Å². The van der Waals surface area contributed by atoms with E-state index in [0.29, 0.717) is 6.42 Å². The number of rotatable bonds is 4. The van der Waals surface area contributed by atoms with Gasteiger partial charge in [0.1, 0.15) is 0 Å². The van der Waals surface area contributed by atoms with E-state index in [4.69, 9.17) is 0 Å². The van der Waals surface area contributed by atoms with Crippen LogP contribution in [0.25, 0.3) is 0 Å². The molecule has 0 spiro atoms. The second-order valence-electron chi connectivity index (χ2n) is 8.74. The van der Waals surface area contributed by atoms with Gasteiger partial charge in [-0.2, -0.15) is 0 Å². The van der Waals surface area contributed by atoms with Crippen molar-refractivity contribution in [3.05, 3.63) is 53.0 Å². The summed E-state index contributed by atoms with van der Waals surface area (Å²) in [5, 5.41) is 5.66. The molecule has 160 valence electrons. The number of benzene rings is 2. The molecule has 3 rings (SSSR count). The Morgan fingerprint density at radius 2 is 1.57 bits per heavy atom. The van der Waals surface area contributed by atoms with Crippen molar-refractivity contribution in [1.82, 2.24) is 4.90 Å². The minimum Gasteiger partial charge on any atom is -0.368 e. The maximum Gasteiger partial charge on any atom is 0.323 e. The molecule has 6 nitrogen and oxygen atoms in total. The van der Waals surface area contributed by atoms with Crippen LogP contribution < -0.4 is 15.5 Å². The average Bonchev–Trinajstić information content (AvgIpc) is 2.67. The van der Waals surface area contributed by atoms with Gasteiger partial charge < -0.3 is 20.4 Å². The number of nitrogens with zero attached hydrogens (tertiary/aromatic N) is 2. The fourth-order valence-corrected chi connectivity index (χ4v) is 3.79. The lowest BCUT2D eigenvalue weighted by atomic mass is 9.91. The van der Waals surface area contributed by atoms with Gasteiger partial charge in [-0.25, -0.2) is 4.79 Å². The van der Waals surface area contributed by atoms with E-state index in [-0.39, 0.29) is 17.4 Å². The molecule has 0 unspecified atom stereocenters. The molecule has 30 heavy (non-hydrogen) atoms. The first kappa shape index (κ1) is 22.2. The zero-order chi connectivity index (χ0) is 21.7. The number of carbonyl (C=O) groups excluding carboxylic acids is 2. The number of anilines is 3. The molecule has 2 N–H and O–H groups in total. The number of hydrogen-bond acceptors (Lipinski definition) is 3. The van der Waals surface area contributed by atoms with Crippen LogP contribution in [0.1, 0.15) is 27.2 Å². The van der Waals surface area contributed by atoms with E-state index in [9.17, 15) is 9.59 Å². The summed E-state index contributed by atoms with van der Waals surface area (Å²) in [5.74, 6) is 0.234. The van der Waals surface area contributed by atoms with Gasteiger partial charge in [0.05, 0.1) is 0 Å². The summed E-state index contributed by atoms with van der Waals surface area (Å²) in [6, 6.07) is 15.0. The number of carbonyl (C=O) groups is 2. The van der Waals surface area contributed by atoms with Crippen molar-refractivity contribution < 1.29 is 9.59 Å². The molecule has 0 radical (unpaired) electrons. The van der Waals surface area contributed by atoms with Gasteiger partial charge >= 0.3 is 6.03 Å². The molecule has 7 heteroatoms. The van der Waals surface area contributed by atoms with Crippen LogP contribution in [-0.2, 0) is 4.79 Å². The van der Waals surface area contributed by atoms with E-state index < -0.39 is 0 Å². The molecule has 2 aromatic rings. The summed E-state index contributed by atoms with van der Waals surface area (Å²) in [6.45, 7) is 9.38. The van der Waals surface area contributed by atoms with Gasteiger partial charge in [0.15, 0.2) is 0 Å². The lowest BCUT2D eigenvalue weighted by molar-refractivity contribution is -0.133. The van der Waals surface area contributed by atoms with Crippen LogP contribution in [0, 0.1) is 5.41 Å². The second-order valence-corrected chi connectivity index (χ2v) is 9.66. The molecular formula is C23H29BrN4O2. The topological polar surface area (TPSA) is 64.7 Å². The van der Waals surface area contributed by atoms with E-state index in [1.54, 1.807) is 0 Å². The van der Waals surface area contributed by atoms with Gasteiger partial charge in [-0.05, 0) is 47.9 Å². The molecule has 1 aliphatic heterocycles. The van der Waals surface area contributed by atoms with E-state index in [1.807, 2.05) is 53.4 Å². The minimum atomic E-state index is -0.285. The van der Waals surface area contributed by atoms with Gasteiger partial charge in [-0.15, -0.1) is 0 Å². The number of hydrogen-bond donors (Lipinski definition) is 2. The van der Waals surface area contributed by atoms with Crippen LogP contribution in [0.2, 0.25) is 0 Å². The maximum absolute atomic E-state index is 12.4. The van der Waals surface area contributed by atoms with E-state index in [2.05, 4.69) is 52.2 Å². The monoisotopic (exact) mass is 472 g/mol. The van der Waals surface area contributed by atoms with Gasteiger partial charge in [0, 0.05) is 54.1 Å². The first-order valence-corrected chi connectivity index (χ1v) is 11.0. The molecule has 1 heterocycles. The molecule has 1 aliphatic rings. The van der Waals surface area contributed by atoms with E-state index >= 15 is 0 Å². The highest BCUT2D eigenvalue weighted by Gasteiger charge is 2.24. The summed E-state index contributed by atoms with van der Waals surface area (Å²) >= 11 is 3.39. The summed E-state index contributed by atoms with van der Waals surface area (Å²) in [7, 11) is 0. The van der Waals surface area contributed by atoms with Gasteiger partial charge in [0.2, 0.25) is 5.91 Å². The van der Waals surface area contributed by atoms with Gasteiger partial charge in [-0.1, -0.05) is 42.8 Å². The third-order valence-electron chi connectivity index (χ3n) is 4.89. The SMILES string of the molecule is CC(C)(C)CC(=O)N1CCN(c2ccc(NC(=O)Nc3cccc(Br)c3)cc2)CC1. The molecule has 0 aliphatic carbocycles. The molecule has 1 fully saturated rings. The standard InChI is InChI=1S/C23H29BrN4O2/c1-23(2,3)16-21(29)28-13-11-27(12-14-28)20-9-7-18(8-10-20)25-22(30)26-19-6-4-5-17(24)15-19/h4-10,15H,11-14,16H2,1-3H3,(H2,25,26,30). The minimum absolute atomic E-state index is 0.0142. The Bertz CT molecular complexity index is 885. The number of urea groups is 1. The molecule has 3 amide bonds. The number of piperazine rings is 1. The third-order valence-corrected chi connectivity index (χ3v) is 5.38. The Morgan fingerprint density at radius 3 is 2.17 bits per heavy atom. The molecular weight excluding hydrogens is 444 g/mol. The highest BCUT2D eigenvalue weighted by atomic mass is 79.9. The van der Waals surface area contributed by atoms with Crippen LogP contribution in [0.15, 0.2) is 53.0 Å². The van der Waals surface area contributed by atoms with Crippen LogP contribution in [0.5, 0.6) is 0 Å². The van der Waals surface area contributed by atoms with Gasteiger partial charge in [0.25, 0.3) is 0 Å². The van der Waals surface area contributed by atoms with Crippen LogP contribution in [0.3, 0.4) is 0 Å². The molecule has 0 aromatic heterocycles. The van der Waals surface area contributed by atoms with Crippen molar-refractivity contribution in [2.45, 2.75) is 27.2 Å². The molecule has 0 bridgehead atoms. The lowest BCUT2D eigenvalue weighted by Gasteiger charge is -2.37. The number of halogens is 1. The maximum atomic E-state index is 12.4. The highest BCUT2D eigenvalue weighted by Crippen LogP contribution is 2.23. The number of nitrogens with one attached hydrogen (secondary N) is 2. The first-order chi connectivity index (χ1) is 14.2. The molecule has 0 saturated carbocycles. The van der Waals surface area contributed by atoms with Crippen LogP contribution in [0.4, 0.5) is 21.9 Å². The summed E-state index contributed by atoms with van der Waals surface area (Å²) in [5.41, 5.74) is 2.55. The van der Waals surface area contributed by atoms with Crippen molar-refractivity contribution in [2.75, 3.05) is 41.7 Å². The summed E-state index contributed by atoms with van der Waals surface area (Å²) < 4.78 is 0.907. The summed E-state index contributed by atoms with van der Waals surface area (Å²) in [6.07, 6.45) is 0.579. The van der Waals surface area contributed by atoms with Crippen molar-refractivity contribution >= 4 is 44.9 Å². The van der Waals surface area contributed by atoms with E-state index in [1.165, 1.54) is 0 Å². The van der Waals surface area contributed by atoms with Crippen molar-refractivity contribution in [2.24, 2.45) is 5.41 Å². The predicted molar refractivity (Wildman–Crippen MR) is 126 cm³/mol. The Labute approximate surface area is 186 Å². The average molecular weight is 473 g/mol. The zero-order valence-corrected chi connectivity index (χ0v) is 19.3. The first-order valence-electron chi connectivity index (χ1n) is 10.2. The smallest absolute Gasteiger partial charge is 0.323 e. The predicted octanol–water partition coefficient (Wildman–Crippen LogP) is 5.18. The van der Waals surface area contributed by atoms with Crippen molar-refractivity contribution in [1.29, 1.82) is 0 Å². The highest BCUT2D eigenvalue weighted by molar-refractivity contribution is 9.10. The zero-order valence-electron chi connectivity index (χ0n) is 17.7. The molecule has 2 aromatic carbocycles. The molecule has 0 atom stereocenters. The normalized spacial score (nSPS) is 14.4. The van der Waals surface area contributed by atoms with Gasteiger partial charge in [-0.3, -0.25) is 4.79 Å². The fraction of sp³-hybridized carbons (Fsp3) is 0.391. The fourth-order valence-electron chi connectivity index (χ4n) is 3.39. The van der Waals surface area contributed by atoms with Crippen LogP contribution >= 0.6 is 15.9 Å². The Kier molecular flexibility index (Phi) is 7.02. The summed E-state index contributed by atoms with van der Waals surface area (Å²) in [4.78, 5) is 28.8. The quantitative estimate of drug-likeness (QED) is 0.644. The van der Waals surface area contributed by atoms with Crippen molar-refractivity contribution in [3.63, 3.8) is 0 Å². The number of amides is 3. The third kappa shape index (κ3) is 6.49. The molecule has 1 saturated heterocycles.